The second-order valence-electron chi connectivity index (χ2n) is 4.47. The smallest absolute Gasteiger partial charge is 0.332 e. The molecular formula is C14H19NO4. The molecule has 1 N–H and O–H groups in total. The van der Waals surface area contributed by atoms with Gasteiger partial charge in [0.1, 0.15) is 6.61 Å². The number of carbonyl (C=O) groups excluding carboxylic acids is 1. The van der Waals surface area contributed by atoms with Crippen LogP contribution in [0.4, 0.5) is 0 Å². The average molecular weight is 265 g/mol. The summed E-state index contributed by atoms with van der Waals surface area (Å²) < 4.78 is 4.96. The molecule has 0 heterocycles. The number of amides is 1. The van der Waals surface area contributed by atoms with Crippen LogP contribution in [0.25, 0.3) is 0 Å². The van der Waals surface area contributed by atoms with Crippen LogP contribution in [0, 0.1) is 6.92 Å². The van der Waals surface area contributed by atoms with Gasteiger partial charge in [0, 0.05) is 13.6 Å². The minimum atomic E-state index is -1.07. The van der Waals surface area contributed by atoms with Gasteiger partial charge in [0.2, 0.25) is 5.91 Å². The zero-order valence-corrected chi connectivity index (χ0v) is 11.4. The summed E-state index contributed by atoms with van der Waals surface area (Å²) >= 11 is 0. The van der Waals surface area contributed by atoms with Crippen molar-refractivity contribution in [1.82, 2.24) is 4.90 Å². The molecule has 0 bridgehead atoms. The number of benzene rings is 1. The van der Waals surface area contributed by atoms with Crippen molar-refractivity contribution in [1.29, 1.82) is 0 Å². The van der Waals surface area contributed by atoms with Gasteiger partial charge in [-0.1, -0.05) is 24.3 Å². The molecule has 0 unspecified atom stereocenters. The number of aliphatic carboxylic acids is 1. The van der Waals surface area contributed by atoms with Gasteiger partial charge in [-0.2, -0.15) is 0 Å². The molecule has 104 valence electrons. The summed E-state index contributed by atoms with van der Waals surface area (Å²) in [7, 11) is 1.67. The lowest BCUT2D eigenvalue weighted by Gasteiger charge is -2.19. The zero-order valence-electron chi connectivity index (χ0n) is 11.4. The quantitative estimate of drug-likeness (QED) is 0.845. The molecule has 0 radical (unpaired) electrons. The van der Waals surface area contributed by atoms with E-state index >= 15 is 0 Å². The summed E-state index contributed by atoms with van der Waals surface area (Å²) in [6, 6.07) is 7.80. The number of nitrogens with zero attached hydrogens (tertiary/aromatic N) is 1. The Morgan fingerprint density at radius 2 is 2.00 bits per heavy atom. The van der Waals surface area contributed by atoms with Gasteiger partial charge in [0.15, 0.2) is 6.10 Å². The Morgan fingerprint density at radius 3 is 2.58 bits per heavy atom. The maximum atomic E-state index is 11.8. The standard InChI is InChI=1S/C14H19NO4/c1-10-6-4-5-7-12(10)8-15(3)13(16)9-19-11(2)14(17)18/h4-7,11H,8-9H2,1-3H3,(H,17,18)/t11-/m0/s1. The summed E-state index contributed by atoms with van der Waals surface area (Å²) in [6.07, 6.45) is -0.976. The van der Waals surface area contributed by atoms with Gasteiger partial charge in [-0.05, 0) is 25.0 Å². The van der Waals surface area contributed by atoms with Crippen LogP contribution in [0.5, 0.6) is 0 Å². The van der Waals surface area contributed by atoms with Crippen molar-refractivity contribution in [3.8, 4) is 0 Å². The predicted octanol–water partition coefficient (Wildman–Crippen LogP) is 1.44. The first kappa shape index (κ1) is 15.2. The van der Waals surface area contributed by atoms with Crippen molar-refractivity contribution < 1.29 is 19.4 Å². The number of ether oxygens (including phenoxy) is 1. The second-order valence-corrected chi connectivity index (χ2v) is 4.47. The van der Waals surface area contributed by atoms with Gasteiger partial charge in [-0.3, -0.25) is 4.79 Å². The number of likely N-dealkylation sites (N-methyl/N-ethyl adjacent to an activating group) is 1. The molecule has 0 aliphatic heterocycles. The van der Waals surface area contributed by atoms with Gasteiger partial charge < -0.3 is 14.7 Å². The van der Waals surface area contributed by atoms with Gasteiger partial charge in [0.25, 0.3) is 0 Å². The summed E-state index contributed by atoms with van der Waals surface area (Å²) in [5, 5.41) is 8.66. The van der Waals surface area contributed by atoms with Gasteiger partial charge in [-0.15, -0.1) is 0 Å². The van der Waals surface area contributed by atoms with Crippen molar-refractivity contribution in [2.45, 2.75) is 26.5 Å². The maximum Gasteiger partial charge on any atom is 0.332 e. The topological polar surface area (TPSA) is 66.8 Å². The molecular weight excluding hydrogens is 246 g/mol. The Balaban J connectivity index is 2.50. The molecule has 0 saturated carbocycles. The third kappa shape index (κ3) is 4.71. The Labute approximate surface area is 112 Å². The molecule has 5 heteroatoms. The lowest BCUT2D eigenvalue weighted by atomic mass is 10.1. The summed E-state index contributed by atoms with van der Waals surface area (Å²) in [5.74, 6) is -1.31. The van der Waals surface area contributed by atoms with E-state index in [4.69, 9.17) is 9.84 Å². The number of carboxylic acids is 1. The minimum Gasteiger partial charge on any atom is -0.479 e. The first-order valence-corrected chi connectivity index (χ1v) is 6.04. The fourth-order valence-electron chi connectivity index (χ4n) is 1.51. The highest BCUT2D eigenvalue weighted by Gasteiger charge is 2.16. The highest BCUT2D eigenvalue weighted by molar-refractivity contribution is 5.78. The highest BCUT2D eigenvalue weighted by atomic mass is 16.5. The van der Waals surface area contributed by atoms with E-state index in [1.807, 2.05) is 31.2 Å². The molecule has 0 aliphatic carbocycles. The third-order valence-electron chi connectivity index (χ3n) is 2.90. The Kier molecular flexibility index (Phi) is 5.51. The molecule has 5 nitrogen and oxygen atoms in total. The second kappa shape index (κ2) is 6.89. The van der Waals surface area contributed by atoms with Crippen molar-refractivity contribution in [2.75, 3.05) is 13.7 Å². The predicted molar refractivity (Wildman–Crippen MR) is 70.7 cm³/mol. The maximum absolute atomic E-state index is 11.8. The number of rotatable bonds is 6. The van der Waals surface area contributed by atoms with Gasteiger partial charge >= 0.3 is 5.97 Å². The summed E-state index contributed by atoms with van der Waals surface area (Å²) in [6.45, 7) is 3.64. The Hall–Kier alpha value is -1.88. The van der Waals surface area contributed by atoms with Crippen molar-refractivity contribution in [2.24, 2.45) is 0 Å². The zero-order chi connectivity index (χ0) is 14.4. The van der Waals surface area contributed by atoms with Crippen LogP contribution < -0.4 is 0 Å². The van der Waals surface area contributed by atoms with E-state index in [2.05, 4.69) is 0 Å². The molecule has 0 saturated heterocycles. The lowest BCUT2D eigenvalue weighted by Crippen LogP contribution is -2.33. The molecule has 1 amide bonds. The number of hydrogen-bond acceptors (Lipinski definition) is 3. The number of aryl methyl sites for hydroxylation is 1. The fourth-order valence-corrected chi connectivity index (χ4v) is 1.51. The van der Waals surface area contributed by atoms with Crippen LogP contribution in [0.3, 0.4) is 0 Å². The first-order valence-electron chi connectivity index (χ1n) is 6.04. The lowest BCUT2D eigenvalue weighted by molar-refractivity contribution is -0.152. The van der Waals surface area contributed by atoms with Crippen LogP contribution in [0.1, 0.15) is 18.1 Å². The van der Waals surface area contributed by atoms with E-state index in [0.29, 0.717) is 6.54 Å². The molecule has 1 rings (SSSR count). The van der Waals surface area contributed by atoms with E-state index in [-0.39, 0.29) is 12.5 Å². The molecule has 1 aromatic carbocycles. The largest absolute Gasteiger partial charge is 0.479 e. The molecule has 0 aliphatic rings. The summed E-state index contributed by atoms with van der Waals surface area (Å²) in [4.78, 5) is 23.9. The normalized spacial score (nSPS) is 11.9. The fraction of sp³-hybridized carbons (Fsp3) is 0.429. The van der Waals surface area contributed by atoms with Crippen LogP contribution in [0.15, 0.2) is 24.3 Å². The molecule has 1 atom stereocenters. The number of carbonyl (C=O) groups is 2. The molecule has 0 fully saturated rings. The van der Waals surface area contributed by atoms with Gasteiger partial charge in [-0.25, -0.2) is 4.79 Å². The molecule has 0 spiro atoms. The van der Waals surface area contributed by atoms with Crippen molar-refractivity contribution in [3.63, 3.8) is 0 Å². The third-order valence-corrected chi connectivity index (χ3v) is 2.90. The highest BCUT2D eigenvalue weighted by Crippen LogP contribution is 2.09. The van der Waals surface area contributed by atoms with Crippen LogP contribution >= 0.6 is 0 Å². The van der Waals surface area contributed by atoms with Crippen LogP contribution in [0.2, 0.25) is 0 Å². The Bertz CT molecular complexity index is 459. The monoisotopic (exact) mass is 265 g/mol. The van der Waals surface area contributed by atoms with E-state index in [0.717, 1.165) is 11.1 Å². The van der Waals surface area contributed by atoms with E-state index in [1.165, 1.54) is 11.8 Å². The van der Waals surface area contributed by atoms with E-state index in [1.54, 1.807) is 7.05 Å². The molecule has 19 heavy (non-hydrogen) atoms. The van der Waals surface area contributed by atoms with E-state index < -0.39 is 12.1 Å². The minimum absolute atomic E-state index is 0.226. The molecule has 1 aromatic rings. The van der Waals surface area contributed by atoms with Crippen LogP contribution in [-0.2, 0) is 20.9 Å². The SMILES string of the molecule is Cc1ccccc1CN(C)C(=O)CO[C@@H](C)C(=O)O. The first-order chi connectivity index (χ1) is 8.91. The summed E-state index contributed by atoms with van der Waals surface area (Å²) in [5.41, 5.74) is 2.17. The van der Waals surface area contributed by atoms with Crippen molar-refractivity contribution >= 4 is 11.9 Å². The number of hydrogen-bond donors (Lipinski definition) is 1. The van der Waals surface area contributed by atoms with E-state index in [9.17, 15) is 9.59 Å². The molecule has 0 aromatic heterocycles. The number of carboxylic acid groups (broad SMARTS) is 1. The van der Waals surface area contributed by atoms with Gasteiger partial charge in [0.05, 0.1) is 0 Å². The average Bonchev–Trinajstić information content (AvgIpc) is 2.37. The van der Waals surface area contributed by atoms with Crippen molar-refractivity contribution in [3.05, 3.63) is 35.4 Å². The Morgan fingerprint density at radius 1 is 1.37 bits per heavy atom. The van der Waals surface area contributed by atoms with Crippen LogP contribution in [-0.4, -0.2) is 41.6 Å².